The van der Waals surface area contributed by atoms with Gasteiger partial charge in [-0.3, -0.25) is 14.4 Å². The van der Waals surface area contributed by atoms with Crippen LogP contribution >= 0.6 is 11.3 Å². The number of nitrogens with one attached hydrogen (secondary N) is 2. The van der Waals surface area contributed by atoms with Crippen molar-refractivity contribution in [2.45, 2.75) is 33.1 Å². The molecule has 3 aliphatic heterocycles. The lowest BCUT2D eigenvalue weighted by Crippen LogP contribution is -2.59. The van der Waals surface area contributed by atoms with Gasteiger partial charge in [-0.15, -0.1) is 11.3 Å². The molecule has 0 aliphatic carbocycles. The molecule has 5 aromatic rings. The van der Waals surface area contributed by atoms with Crippen LogP contribution in [0.2, 0.25) is 0 Å². The normalized spacial score (nSPS) is 16.0. The van der Waals surface area contributed by atoms with Crippen LogP contribution in [0.15, 0.2) is 79.0 Å². The second-order valence-electron chi connectivity index (χ2n) is 13.8. The first-order chi connectivity index (χ1) is 25.2. The maximum Gasteiger partial charge on any atom is 0.269 e. The van der Waals surface area contributed by atoms with Crippen LogP contribution in [0.3, 0.4) is 0 Å². The molecule has 264 valence electrons. The number of nitrogens with zero attached hydrogens (tertiary/aromatic N) is 4. The highest BCUT2D eigenvalue weighted by Crippen LogP contribution is 2.44. The number of hydrogen-bond acceptors (Lipinski definition) is 8. The van der Waals surface area contributed by atoms with Gasteiger partial charge < -0.3 is 25.2 Å². The summed E-state index contributed by atoms with van der Waals surface area (Å²) in [5.41, 5.74) is 5.04. The molecule has 2 fully saturated rings. The van der Waals surface area contributed by atoms with E-state index in [1.54, 1.807) is 47.5 Å². The van der Waals surface area contributed by atoms with E-state index >= 15 is 4.39 Å². The Balaban J connectivity index is 0.986. The fourth-order valence-electron chi connectivity index (χ4n) is 7.34. The predicted octanol–water partition coefficient (Wildman–Crippen LogP) is 7.29. The second-order valence-corrected chi connectivity index (χ2v) is 14.8. The molecule has 3 aliphatic rings. The summed E-state index contributed by atoms with van der Waals surface area (Å²) in [6, 6.07) is 21.3. The van der Waals surface area contributed by atoms with E-state index in [0.29, 0.717) is 50.1 Å². The van der Waals surface area contributed by atoms with Crippen molar-refractivity contribution in [3.05, 3.63) is 118 Å². The third-order valence-corrected chi connectivity index (χ3v) is 11.3. The monoisotopic (exact) mass is 716 g/mol. The minimum Gasteiger partial charge on any atom is -0.381 e. The first-order valence-electron chi connectivity index (χ1n) is 17.4. The first kappa shape index (κ1) is 33.7. The number of benzene rings is 2. The van der Waals surface area contributed by atoms with Crippen molar-refractivity contribution in [3.63, 3.8) is 0 Å². The number of halogens is 1. The van der Waals surface area contributed by atoms with Gasteiger partial charge in [0.05, 0.1) is 11.3 Å². The number of hydrogen-bond donors (Lipinski definition) is 2. The summed E-state index contributed by atoms with van der Waals surface area (Å²) < 4.78 is 21.5. The van der Waals surface area contributed by atoms with Gasteiger partial charge in [-0.1, -0.05) is 24.3 Å². The van der Waals surface area contributed by atoms with Crippen LogP contribution in [0.1, 0.15) is 60.1 Å². The molecule has 2 N–H and O–H groups in total. The number of pyridine rings is 2. The lowest BCUT2D eigenvalue weighted by atomic mass is 9.73. The average Bonchev–Trinajstić information content (AvgIpc) is 3.37. The highest BCUT2D eigenvalue weighted by molar-refractivity contribution is 7.17. The molecule has 8 rings (SSSR count). The van der Waals surface area contributed by atoms with Gasteiger partial charge >= 0.3 is 0 Å². The Bertz CT molecular complexity index is 2210. The summed E-state index contributed by atoms with van der Waals surface area (Å²) in [7, 11) is 0. The van der Waals surface area contributed by atoms with Crippen LogP contribution in [-0.2, 0) is 11.2 Å². The van der Waals surface area contributed by atoms with Gasteiger partial charge in [0.15, 0.2) is 5.82 Å². The number of anilines is 4. The Morgan fingerprint density at radius 1 is 0.923 bits per heavy atom. The second kappa shape index (κ2) is 13.6. The number of rotatable bonds is 6. The van der Waals surface area contributed by atoms with Crippen LogP contribution in [0, 0.1) is 25.1 Å². The SMILES string of the molecule is Cc1cnc(N2CC3(CCOCC3)C2)c(C(=O)Nc2ccc(C(=O)N3CCc4c(sc(C(=O)Nc5cccc(C)n5)c4F)-c4ccccc43)cc2)c1. The molecule has 6 heterocycles. The van der Waals surface area contributed by atoms with Crippen LogP contribution in [0.4, 0.5) is 27.4 Å². The number of carbonyl (C=O) groups excluding carboxylic acids is 3. The maximum atomic E-state index is 15.9. The number of amides is 3. The molecule has 0 bridgehead atoms. The smallest absolute Gasteiger partial charge is 0.269 e. The first-order valence-corrected chi connectivity index (χ1v) is 18.2. The zero-order valence-electron chi connectivity index (χ0n) is 28.9. The molecule has 3 amide bonds. The summed E-state index contributed by atoms with van der Waals surface area (Å²) in [5, 5.41) is 5.70. The Morgan fingerprint density at radius 3 is 2.46 bits per heavy atom. The predicted molar refractivity (Wildman–Crippen MR) is 200 cm³/mol. The molecular weight excluding hydrogens is 680 g/mol. The molecule has 0 saturated carbocycles. The molecule has 0 radical (unpaired) electrons. The highest BCUT2D eigenvalue weighted by atomic mass is 32.1. The molecule has 0 atom stereocenters. The zero-order valence-corrected chi connectivity index (χ0v) is 29.7. The Labute approximate surface area is 304 Å². The van der Waals surface area contributed by atoms with Crippen LogP contribution in [0.25, 0.3) is 10.4 Å². The van der Waals surface area contributed by atoms with E-state index in [4.69, 9.17) is 4.74 Å². The Morgan fingerprint density at radius 2 is 1.69 bits per heavy atom. The third-order valence-electron chi connectivity index (χ3n) is 10.1. The van der Waals surface area contributed by atoms with Crippen molar-refractivity contribution in [1.29, 1.82) is 0 Å². The van der Waals surface area contributed by atoms with E-state index in [1.165, 1.54) is 0 Å². The number of aryl methyl sites for hydroxylation is 2. The van der Waals surface area contributed by atoms with E-state index in [-0.39, 0.29) is 35.1 Å². The van der Waals surface area contributed by atoms with Gasteiger partial charge in [0.25, 0.3) is 17.7 Å². The van der Waals surface area contributed by atoms with E-state index in [0.717, 1.165) is 61.7 Å². The molecule has 2 saturated heterocycles. The topological polar surface area (TPSA) is 117 Å². The lowest BCUT2D eigenvalue weighted by Gasteiger charge is -2.53. The molecule has 3 aromatic heterocycles. The van der Waals surface area contributed by atoms with Gasteiger partial charge in [0.2, 0.25) is 0 Å². The van der Waals surface area contributed by atoms with Gasteiger partial charge in [0.1, 0.15) is 16.5 Å². The van der Waals surface area contributed by atoms with E-state index in [9.17, 15) is 14.4 Å². The summed E-state index contributed by atoms with van der Waals surface area (Å²) in [6.07, 6.45) is 4.05. The molecule has 2 aromatic carbocycles. The van der Waals surface area contributed by atoms with Crippen LogP contribution in [0.5, 0.6) is 0 Å². The van der Waals surface area contributed by atoms with E-state index < -0.39 is 11.7 Å². The molecule has 52 heavy (non-hydrogen) atoms. The summed E-state index contributed by atoms with van der Waals surface area (Å²) in [4.78, 5) is 54.1. The number of ether oxygens (including phenoxy) is 1. The number of carbonyl (C=O) groups is 3. The quantitative estimate of drug-likeness (QED) is 0.190. The summed E-state index contributed by atoms with van der Waals surface area (Å²) in [5.74, 6) is -0.648. The van der Waals surface area contributed by atoms with E-state index in [1.807, 2.05) is 50.2 Å². The molecular formula is C40H37FN6O4S. The van der Waals surface area contributed by atoms with Crippen LogP contribution in [-0.4, -0.2) is 60.5 Å². The van der Waals surface area contributed by atoms with Crippen molar-refractivity contribution in [1.82, 2.24) is 9.97 Å². The molecule has 10 nitrogen and oxygen atoms in total. The van der Waals surface area contributed by atoms with Crippen LogP contribution < -0.4 is 20.4 Å². The Hall–Kier alpha value is -5.46. The zero-order chi connectivity index (χ0) is 36.0. The number of para-hydroxylation sites is 1. The van der Waals surface area contributed by atoms with Gasteiger partial charge in [-0.2, -0.15) is 0 Å². The fraction of sp³-hybridized carbons (Fsp3) is 0.275. The third kappa shape index (κ3) is 6.33. The number of aromatic nitrogens is 2. The molecule has 1 spiro atoms. The average molecular weight is 717 g/mol. The van der Waals surface area contributed by atoms with Crippen molar-refractivity contribution in [2.75, 3.05) is 53.3 Å². The van der Waals surface area contributed by atoms with Gasteiger partial charge in [0, 0.05) is 77.4 Å². The fourth-order valence-corrected chi connectivity index (χ4v) is 8.50. The van der Waals surface area contributed by atoms with Crippen molar-refractivity contribution in [3.8, 4) is 10.4 Å². The summed E-state index contributed by atoms with van der Waals surface area (Å²) >= 11 is 1.07. The maximum absolute atomic E-state index is 15.9. The standard InChI is InChI=1S/C40H37FN6O4S/c1-24-20-30(36(42-21-24)46-22-40(23-46)15-18-51-19-16-40)37(48)44-27-12-10-26(11-13-27)39(50)47-17-14-29-33(41)35(38(49)45-32-9-5-6-25(2)43-32)52-34(29)28-7-3-4-8-31(28)47/h3-13,20-21H,14-19,22-23H2,1-2H3,(H,44,48)(H,43,45,49). The van der Waals surface area contributed by atoms with Gasteiger partial charge in [-0.25, -0.2) is 14.4 Å². The summed E-state index contributed by atoms with van der Waals surface area (Å²) in [6.45, 7) is 7.19. The minimum absolute atomic E-state index is 0.0257. The number of thiophene rings is 1. The Kier molecular flexibility index (Phi) is 8.80. The molecule has 12 heteroatoms. The number of fused-ring (bicyclic) bond motifs is 3. The minimum atomic E-state index is -0.585. The largest absolute Gasteiger partial charge is 0.381 e. The van der Waals surface area contributed by atoms with Crippen molar-refractivity contribution < 1.29 is 23.5 Å². The van der Waals surface area contributed by atoms with Crippen molar-refractivity contribution in [2.24, 2.45) is 5.41 Å². The van der Waals surface area contributed by atoms with Crippen molar-refractivity contribution >= 4 is 52.1 Å². The van der Waals surface area contributed by atoms with E-state index in [2.05, 4.69) is 25.5 Å². The highest BCUT2D eigenvalue weighted by Gasteiger charge is 2.45. The van der Waals surface area contributed by atoms with Gasteiger partial charge in [-0.05, 0) is 87.2 Å². The molecule has 0 unspecified atom stereocenters. The lowest BCUT2D eigenvalue weighted by molar-refractivity contribution is -0.000511.